The van der Waals surface area contributed by atoms with Gasteiger partial charge in [0.1, 0.15) is 0 Å². The van der Waals surface area contributed by atoms with Crippen LogP contribution in [0.5, 0.6) is 0 Å². The van der Waals surface area contributed by atoms with Gasteiger partial charge in [-0.25, -0.2) is 0 Å². The number of aliphatic hydroxyl groups is 1. The van der Waals surface area contributed by atoms with Gasteiger partial charge >= 0.3 is 0 Å². The van der Waals surface area contributed by atoms with E-state index in [0.717, 1.165) is 31.6 Å². The highest BCUT2D eigenvalue weighted by Gasteiger charge is 2.35. The van der Waals surface area contributed by atoms with Crippen molar-refractivity contribution in [3.8, 4) is 0 Å². The first-order valence-electron chi connectivity index (χ1n) is 8.20. The Bertz CT molecular complexity index is 437. The van der Waals surface area contributed by atoms with E-state index in [0.29, 0.717) is 5.25 Å². The molecule has 0 aliphatic heterocycles. The van der Waals surface area contributed by atoms with E-state index in [1.54, 1.807) is 0 Å². The van der Waals surface area contributed by atoms with Crippen molar-refractivity contribution in [2.45, 2.75) is 62.5 Å². The van der Waals surface area contributed by atoms with Crippen LogP contribution < -0.4 is 5.32 Å². The molecule has 0 bridgehead atoms. The van der Waals surface area contributed by atoms with Gasteiger partial charge in [-0.3, -0.25) is 0 Å². The van der Waals surface area contributed by atoms with Gasteiger partial charge in [-0.15, -0.1) is 0 Å². The van der Waals surface area contributed by atoms with E-state index in [2.05, 4.69) is 55.2 Å². The molecule has 2 atom stereocenters. The molecule has 2 unspecified atom stereocenters. The zero-order chi connectivity index (χ0) is 15.1. The Morgan fingerprint density at radius 3 is 3.00 bits per heavy atom. The molecule has 1 aromatic rings. The third kappa shape index (κ3) is 5.01. The summed E-state index contributed by atoms with van der Waals surface area (Å²) >= 11 is 2.06. The monoisotopic (exact) mass is 307 g/mol. The molecule has 2 rings (SSSR count). The van der Waals surface area contributed by atoms with Gasteiger partial charge in [-0.1, -0.05) is 43.2 Å². The Morgan fingerprint density at radius 2 is 2.29 bits per heavy atom. The number of rotatable bonds is 7. The van der Waals surface area contributed by atoms with E-state index in [-0.39, 0.29) is 12.1 Å². The molecule has 2 nitrogen and oxygen atoms in total. The van der Waals surface area contributed by atoms with Crippen LogP contribution in [0.4, 0.5) is 0 Å². The van der Waals surface area contributed by atoms with Crippen molar-refractivity contribution in [1.82, 2.24) is 5.32 Å². The molecule has 3 heteroatoms. The summed E-state index contributed by atoms with van der Waals surface area (Å²) in [5.74, 6) is 1.08. The molecule has 0 radical (unpaired) electrons. The second-order valence-electron chi connectivity index (χ2n) is 6.38. The summed E-state index contributed by atoms with van der Waals surface area (Å²) in [5.41, 5.74) is 2.73. The normalized spacial score (nSPS) is 26.0. The molecule has 1 aliphatic carbocycles. The third-order valence-electron chi connectivity index (χ3n) is 4.42. The predicted molar refractivity (Wildman–Crippen MR) is 92.8 cm³/mol. The standard InChI is InChI=1S/C18H29NOS/c1-3-10-19-18(14-20)9-5-8-17(12-18)21-13-16-7-4-6-15(2)11-16/h4,6-7,11,17,19-20H,3,5,8-10,12-14H2,1-2H3. The van der Waals surface area contributed by atoms with Gasteiger partial charge < -0.3 is 10.4 Å². The van der Waals surface area contributed by atoms with Crippen LogP contribution in [0.2, 0.25) is 0 Å². The van der Waals surface area contributed by atoms with Gasteiger partial charge in [0, 0.05) is 16.5 Å². The lowest BCUT2D eigenvalue weighted by Gasteiger charge is -2.40. The molecule has 21 heavy (non-hydrogen) atoms. The quantitative estimate of drug-likeness (QED) is 0.801. The van der Waals surface area contributed by atoms with Crippen LogP contribution >= 0.6 is 11.8 Å². The van der Waals surface area contributed by atoms with Crippen LogP contribution in [-0.4, -0.2) is 29.0 Å². The molecule has 0 saturated heterocycles. The van der Waals surface area contributed by atoms with Crippen molar-refractivity contribution < 1.29 is 5.11 Å². The molecule has 0 aromatic heterocycles. The van der Waals surface area contributed by atoms with Crippen molar-refractivity contribution >= 4 is 11.8 Å². The van der Waals surface area contributed by atoms with Crippen LogP contribution in [0.3, 0.4) is 0 Å². The van der Waals surface area contributed by atoms with Gasteiger partial charge in [-0.2, -0.15) is 11.8 Å². The molecule has 1 fully saturated rings. The number of hydrogen-bond donors (Lipinski definition) is 2. The van der Waals surface area contributed by atoms with E-state index in [1.165, 1.54) is 24.0 Å². The fourth-order valence-electron chi connectivity index (χ4n) is 3.22. The van der Waals surface area contributed by atoms with Gasteiger partial charge in [-0.05, 0) is 44.7 Å². The van der Waals surface area contributed by atoms with Crippen LogP contribution in [0.15, 0.2) is 24.3 Å². The number of benzene rings is 1. The average Bonchev–Trinajstić information content (AvgIpc) is 2.51. The first-order valence-corrected chi connectivity index (χ1v) is 9.25. The topological polar surface area (TPSA) is 32.3 Å². The second kappa shape index (κ2) is 8.21. The molecule has 118 valence electrons. The van der Waals surface area contributed by atoms with Crippen LogP contribution in [0.25, 0.3) is 0 Å². The highest BCUT2D eigenvalue weighted by Crippen LogP contribution is 2.36. The van der Waals surface area contributed by atoms with E-state index in [1.807, 2.05) is 0 Å². The Hall–Kier alpha value is -0.510. The third-order valence-corrected chi connectivity index (χ3v) is 5.79. The summed E-state index contributed by atoms with van der Waals surface area (Å²) in [4.78, 5) is 0. The molecule has 1 saturated carbocycles. The van der Waals surface area contributed by atoms with Gasteiger partial charge in [0.25, 0.3) is 0 Å². The summed E-state index contributed by atoms with van der Waals surface area (Å²) in [6.07, 6.45) is 5.85. The van der Waals surface area contributed by atoms with Crippen LogP contribution in [-0.2, 0) is 5.75 Å². The first-order chi connectivity index (χ1) is 10.2. The highest BCUT2D eigenvalue weighted by atomic mass is 32.2. The summed E-state index contributed by atoms with van der Waals surface area (Å²) in [6.45, 7) is 5.62. The summed E-state index contributed by atoms with van der Waals surface area (Å²) in [7, 11) is 0. The fourth-order valence-corrected chi connectivity index (χ4v) is 4.59. The minimum absolute atomic E-state index is 0.0292. The van der Waals surface area contributed by atoms with E-state index < -0.39 is 0 Å². The van der Waals surface area contributed by atoms with Gasteiger partial charge in [0.15, 0.2) is 0 Å². The Balaban J connectivity index is 1.88. The fraction of sp³-hybridized carbons (Fsp3) is 0.667. The van der Waals surface area contributed by atoms with Crippen molar-refractivity contribution in [1.29, 1.82) is 0 Å². The van der Waals surface area contributed by atoms with Crippen molar-refractivity contribution in [2.75, 3.05) is 13.2 Å². The first kappa shape index (κ1) is 16.9. The Kier molecular flexibility index (Phi) is 6.59. The minimum atomic E-state index is -0.0292. The number of nitrogens with one attached hydrogen (secondary N) is 1. The number of hydrogen-bond acceptors (Lipinski definition) is 3. The van der Waals surface area contributed by atoms with E-state index in [4.69, 9.17) is 0 Å². The van der Waals surface area contributed by atoms with Gasteiger partial charge in [0.05, 0.1) is 6.61 Å². The molecular weight excluding hydrogens is 278 g/mol. The summed E-state index contributed by atoms with van der Waals surface area (Å²) in [6, 6.07) is 8.80. The lowest BCUT2D eigenvalue weighted by atomic mass is 9.82. The smallest absolute Gasteiger partial charge is 0.0613 e. The lowest BCUT2D eigenvalue weighted by Crippen LogP contribution is -2.52. The Labute approximate surface area is 133 Å². The number of aliphatic hydroxyl groups excluding tert-OH is 1. The average molecular weight is 308 g/mol. The SMILES string of the molecule is CCCNC1(CO)CCCC(SCc2cccc(C)c2)C1. The number of thioether (sulfide) groups is 1. The molecule has 1 aromatic carbocycles. The molecular formula is C18H29NOS. The molecule has 0 amide bonds. The molecule has 2 N–H and O–H groups in total. The lowest BCUT2D eigenvalue weighted by molar-refractivity contribution is 0.124. The zero-order valence-corrected chi connectivity index (χ0v) is 14.2. The maximum atomic E-state index is 9.84. The van der Waals surface area contributed by atoms with Crippen molar-refractivity contribution in [3.63, 3.8) is 0 Å². The van der Waals surface area contributed by atoms with Gasteiger partial charge in [0.2, 0.25) is 0 Å². The van der Waals surface area contributed by atoms with Crippen LogP contribution in [0, 0.1) is 6.92 Å². The Morgan fingerprint density at radius 1 is 1.43 bits per heavy atom. The van der Waals surface area contributed by atoms with E-state index >= 15 is 0 Å². The maximum absolute atomic E-state index is 9.84. The minimum Gasteiger partial charge on any atom is -0.394 e. The summed E-state index contributed by atoms with van der Waals surface area (Å²) in [5, 5.41) is 14.1. The number of aryl methyl sites for hydroxylation is 1. The van der Waals surface area contributed by atoms with E-state index in [9.17, 15) is 5.11 Å². The predicted octanol–water partition coefficient (Wildman–Crippen LogP) is 3.90. The van der Waals surface area contributed by atoms with Crippen LogP contribution in [0.1, 0.15) is 50.2 Å². The largest absolute Gasteiger partial charge is 0.394 e. The maximum Gasteiger partial charge on any atom is 0.0613 e. The van der Waals surface area contributed by atoms with Crippen molar-refractivity contribution in [2.24, 2.45) is 0 Å². The second-order valence-corrected chi connectivity index (χ2v) is 7.67. The molecule has 1 aliphatic rings. The van der Waals surface area contributed by atoms with Crippen molar-refractivity contribution in [3.05, 3.63) is 35.4 Å². The molecule has 0 heterocycles. The zero-order valence-electron chi connectivity index (χ0n) is 13.4. The highest BCUT2D eigenvalue weighted by molar-refractivity contribution is 7.99. The summed E-state index contributed by atoms with van der Waals surface area (Å²) < 4.78 is 0. The molecule has 0 spiro atoms.